The predicted octanol–water partition coefficient (Wildman–Crippen LogP) is 4.18. The van der Waals surface area contributed by atoms with Crippen molar-refractivity contribution in [2.45, 2.75) is 13.1 Å². The zero-order chi connectivity index (χ0) is 13.2. The van der Waals surface area contributed by atoms with E-state index in [1.54, 1.807) is 11.3 Å². The van der Waals surface area contributed by atoms with Crippen molar-refractivity contribution in [1.82, 2.24) is 5.32 Å². The Morgan fingerprint density at radius 3 is 2.84 bits per heavy atom. The topological polar surface area (TPSA) is 30.5 Å². The van der Waals surface area contributed by atoms with Crippen molar-refractivity contribution in [1.29, 1.82) is 0 Å². The number of nitrogens with one attached hydrogen (secondary N) is 1. The molecule has 0 radical (unpaired) electrons. The van der Waals surface area contributed by atoms with Gasteiger partial charge in [-0.15, -0.1) is 11.3 Å². The highest BCUT2D eigenvalue weighted by atomic mass is 79.9. The van der Waals surface area contributed by atoms with Crippen LogP contribution in [0.4, 0.5) is 0 Å². The quantitative estimate of drug-likeness (QED) is 0.887. The summed E-state index contributed by atoms with van der Waals surface area (Å²) in [5, 5.41) is 3.38. The molecular formula is C13H11BrClNO2S. The van der Waals surface area contributed by atoms with Gasteiger partial charge in [-0.1, -0.05) is 17.7 Å². The zero-order valence-corrected chi connectivity index (χ0v) is 13.1. The first kappa shape index (κ1) is 13.2. The van der Waals surface area contributed by atoms with Crippen molar-refractivity contribution < 1.29 is 9.47 Å². The van der Waals surface area contributed by atoms with Crippen molar-refractivity contribution in [3.63, 3.8) is 0 Å². The number of hydrogen-bond donors (Lipinski definition) is 1. The van der Waals surface area contributed by atoms with Crippen LogP contribution in [-0.4, -0.2) is 6.79 Å². The van der Waals surface area contributed by atoms with Crippen molar-refractivity contribution in [3.05, 3.63) is 43.5 Å². The number of rotatable bonds is 4. The van der Waals surface area contributed by atoms with E-state index in [0.29, 0.717) is 6.79 Å². The molecule has 19 heavy (non-hydrogen) atoms. The SMILES string of the molecule is Clc1sc(CNCc2ccc3c(c2)OCO3)cc1Br. The average Bonchev–Trinajstić information content (AvgIpc) is 2.96. The first-order valence-electron chi connectivity index (χ1n) is 5.75. The molecule has 100 valence electrons. The van der Waals surface area contributed by atoms with Crippen molar-refractivity contribution >= 4 is 38.9 Å². The van der Waals surface area contributed by atoms with Gasteiger partial charge in [0.15, 0.2) is 11.5 Å². The molecule has 3 nitrogen and oxygen atoms in total. The number of hydrogen-bond acceptors (Lipinski definition) is 4. The second-order valence-electron chi connectivity index (χ2n) is 4.13. The van der Waals surface area contributed by atoms with E-state index in [9.17, 15) is 0 Å². The molecule has 1 aliphatic rings. The number of halogens is 2. The van der Waals surface area contributed by atoms with Gasteiger partial charge in [-0.05, 0) is 39.7 Å². The van der Waals surface area contributed by atoms with E-state index in [2.05, 4.69) is 21.2 Å². The van der Waals surface area contributed by atoms with Gasteiger partial charge in [-0.3, -0.25) is 0 Å². The summed E-state index contributed by atoms with van der Waals surface area (Å²) in [6.07, 6.45) is 0. The monoisotopic (exact) mass is 359 g/mol. The van der Waals surface area contributed by atoms with E-state index in [4.69, 9.17) is 21.1 Å². The van der Waals surface area contributed by atoms with Gasteiger partial charge >= 0.3 is 0 Å². The molecule has 0 saturated heterocycles. The second-order valence-corrected chi connectivity index (χ2v) is 6.72. The van der Waals surface area contributed by atoms with Crippen LogP contribution in [-0.2, 0) is 13.1 Å². The van der Waals surface area contributed by atoms with Gasteiger partial charge in [-0.2, -0.15) is 0 Å². The summed E-state index contributed by atoms with van der Waals surface area (Å²) in [6.45, 7) is 1.89. The minimum atomic E-state index is 0.313. The smallest absolute Gasteiger partial charge is 0.231 e. The Bertz CT molecular complexity index is 583. The van der Waals surface area contributed by atoms with Crippen LogP contribution in [0.1, 0.15) is 10.4 Å². The van der Waals surface area contributed by atoms with E-state index < -0.39 is 0 Å². The lowest BCUT2D eigenvalue weighted by Crippen LogP contribution is -2.11. The van der Waals surface area contributed by atoms with E-state index >= 15 is 0 Å². The predicted molar refractivity (Wildman–Crippen MR) is 80.1 cm³/mol. The lowest BCUT2D eigenvalue weighted by molar-refractivity contribution is 0.174. The maximum absolute atomic E-state index is 6.00. The van der Waals surface area contributed by atoms with E-state index in [1.165, 1.54) is 10.4 Å². The molecular weight excluding hydrogens is 350 g/mol. The lowest BCUT2D eigenvalue weighted by atomic mass is 10.2. The summed E-state index contributed by atoms with van der Waals surface area (Å²) in [4.78, 5) is 1.21. The molecule has 0 unspecified atom stereocenters. The molecule has 2 aromatic rings. The van der Waals surface area contributed by atoms with E-state index in [0.717, 1.165) is 33.4 Å². The van der Waals surface area contributed by atoms with Gasteiger partial charge in [0.1, 0.15) is 4.34 Å². The van der Waals surface area contributed by atoms with E-state index in [-0.39, 0.29) is 0 Å². The Labute approximate surface area is 128 Å². The first-order valence-corrected chi connectivity index (χ1v) is 7.74. The highest BCUT2D eigenvalue weighted by Gasteiger charge is 2.12. The van der Waals surface area contributed by atoms with E-state index in [1.807, 2.05) is 24.3 Å². The van der Waals surface area contributed by atoms with Crippen molar-refractivity contribution in [2.75, 3.05) is 6.79 Å². The van der Waals surface area contributed by atoms with Crippen molar-refractivity contribution in [3.8, 4) is 11.5 Å². The Morgan fingerprint density at radius 2 is 2.05 bits per heavy atom. The van der Waals surface area contributed by atoms with Gasteiger partial charge in [-0.25, -0.2) is 0 Å². The summed E-state index contributed by atoms with van der Waals surface area (Å²) < 4.78 is 12.4. The van der Waals surface area contributed by atoms with Crippen LogP contribution in [0, 0.1) is 0 Å². The Balaban J connectivity index is 1.57. The summed E-state index contributed by atoms with van der Waals surface area (Å²) in [7, 11) is 0. The largest absolute Gasteiger partial charge is 0.454 e. The Kier molecular flexibility index (Phi) is 3.98. The standard InChI is InChI=1S/C13H11BrClNO2S/c14-10-4-9(19-13(10)15)6-16-5-8-1-2-11-12(3-8)18-7-17-11/h1-4,16H,5-7H2. The van der Waals surface area contributed by atoms with Crippen molar-refractivity contribution in [2.24, 2.45) is 0 Å². The molecule has 0 spiro atoms. The molecule has 0 atom stereocenters. The molecule has 0 bridgehead atoms. The van der Waals surface area contributed by atoms with Crippen LogP contribution in [0.2, 0.25) is 4.34 Å². The van der Waals surface area contributed by atoms with Gasteiger partial charge < -0.3 is 14.8 Å². The molecule has 6 heteroatoms. The molecule has 0 fully saturated rings. The summed E-state index contributed by atoms with van der Waals surface area (Å²) in [5.74, 6) is 1.64. The molecule has 2 heterocycles. The maximum Gasteiger partial charge on any atom is 0.231 e. The highest BCUT2D eigenvalue weighted by molar-refractivity contribution is 9.10. The van der Waals surface area contributed by atoms with Gasteiger partial charge in [0.25, 0.3) is 0 Å². The summed E-state index contributed by atoms with van der Waals surface area (Å²) in [5.41, 5.74) is 1.17. The fraction of sp³-hybridized carbons (Fsp3) is 0.231. The van der Waals surface area contributed by atoms with Crippen LogP contribution < -0.4 is 14.8 Å². The molecule has 1 aromatic carbocycles. The molecule has 3 rings (SSSR count). The zero-order valence-electron chi connectivity index (χ0n) is 9.91. The van der Waals surface area contributed by atoms with Crippen LogP contribution in [0.15, 0.2) is 28.7 Å². The molecule has 1 aromatic heterocycles. The molecule has 1 N–H and O–H groups in total. The Morgan fingerprint density at radius 1 is 1.21 bits per heavy atom. The number of fused-ring (bicyclic) bond motifs is 1. The molecule has 1 aliphatic heterocycles. The third kappa shape index (κ3) is 3.05. The maximum atomic E-state index is 6.00. The first-order chi connectivity index (χ1) is 9.22. The van der Waals surface area contributed by atoms with Gasteiger partial charge in [0.2, 0.25) is 6.79 Å². The number of ether oxygens (including phenoxy) is 2. The van der Waals surface area contributed by atoms with Crippen LogP contribution >= 0.6 is 38.9 Å². The molecule has 0 amide bonds. The van der Waals surface area contributed by atoms with Crippen LogP contribution in [0.3, 0.4) is 0 Å². The fourth-order valence-electron chi connectivity index (χ4n) is 1.86. The fourth-order valence-corrected chi connectivity index (χ4v) is 3.62. The third-order valence-electron chi connectivity index (χ3n) is 2.76. The minimum Gasteiger partial charge on any atom is -0.454 e. The minimum absolute atomic E-state index is 0.313. The van der Waals surface area contributed by atoms with Crippen LogP contribution in [0.25, 0.3) is 0 Å². The summed E-state index contributed by atoms with van der Waals surface area (Å²) in [6, 6.07) is 8.03. The average molecular weight is 361 g/mol. The Hall–Kier alpha value is -0.750. The highest BCUT2D eigenvalue weighted by Crippen LogP contribution is 2.33. The van der Waals surface area contributed by atoms with Gasteiger partial charge in [0, 0.05) is 22.4 Å². The normalized spacial score (nSPS) is 12.9. The third-order valence-corrected chi connectivity index (χ3v) is 5.24. The van der Waals surface area contributed by atoms with Gasteiger partial charge in [0.05, 0.1) is 0 Å². The number of benzene rings is 1. The van der Waals surface area contributed by atoms with Crippen LogP contribution in [0.5, 0.6) is 11.5 Å². The molecule has 0 aliphatic carbocycles. The molecule has 0 saturated carbocycles. The summed E-state index contributed by atoms with van der Waals surface area (Å²) >= 11 is 11.0. The number of thiophene rings is 1. The second kappa shape index (κ2) is 5.71. The lowest BCUT2D eigenvalue weighted by Gasteiger charge is -2.04.